The van der Waals surface area contributed by atoms with Crippen LogP contribution in [0.3, 0.4) is 0 Å². The topological polar surface area (TPSA) is 32.3 Å². The van der Waals surface area contributed by atoms with Gasteiger partial charge in [-0.15, -0.1) is 0 Å². The van der Waals surface area contributed by atoms with Crippen LogP contribution in [-0.4, -0.2) is 23.9 Å². The van der Waals surface area contributed by atoms with Crippen LogP contribution in [0.5, 0.6) is 0 Å². The van der Waals surface area contributed by atoms with Crippen molar-refractivity contribution in [1.82, 2.24) is 4.90 Å². The van der Waals surface area contributed by atoms with Crippen LogP contribution in [-0.2, 0) is 11.3 Å². The first-order valence-corrected chi connectivity index (χ1v) is 6.47. The minimum Gasteiger partial charge on any atom is -0.382 e. The number of nitrogens with zero attached hydrogens (tertiary/aromatic N) is 1. The molecule has 0 saturated heterocycles. The zero-order chi connectivity index (χ0) is 13.7. The number of carbonyl (C=O) groups excluding carboxylic acids is 1. The molecule has 1 atom stereocenters. The molecule has 1 unspecified atom stereocenters. The molecular weight excluding hydrogens is 224 g/mol. The fraction of sp³-hybridized carbons (Fsp3) is 0.533. The highest BCUT2D eigenvalue weighted by atomic mass is 16.2. The van der Waals surface area contributed by atoms with E-state index in [4.69, 9.17) is 0 Å². The normalized spacial score (nSPS) is 12.3. The molecule has 0 heterocycles. The average molecular weight is 248 g/mol. The minimum absolute atomic E-state index is 0.0870. The fourth-order valence-electron chi connectivity index (χ4n) is 1.57. The van der Waals surface area contributed by atoms with Crippen molar-refractivity contribution in [3.63, 3.8) is 0 Å². The van der Waals surface area contributed by atoms with Gasteiger partial charge in [-0.1, -0.05) is 26.0 Å². The molecule has 1 aromatic carbocycles. The van der Waals surface area contributed by atoms with Crippen LogP contribution in [0, 0.1) is 5.92 Å². The summed E-state index contributed by atoms with van der Waals surface area (Å²) >= 11 is 0. The molecule has 1 N–H and O–H groups in total. The van der Waals surface area contributed by atoms with Crippen LogP contribution in [0.1, 0.15) is 33.3 Å². The van der Waals surface area contributed by atoms with E-state index in [0.717, 1.165) is 11.3 Å². The van der Waals surface area contributed by atoms with Gasteiger partial charge in [-0.25, -0.2) is 0 Å². The van der Waals surface area contributed by atoms with Gasteiger partial charge in [0.15, 0.2) is 0 Å². The van der Waals surface area contributed by atoms with Crippen molar-refractivity contribution in [3.8, 4) is 0 Å². The van der Waals surface area contributed by atoms with Gasteiger partial charge in [0.25, 0.3) is 0 Å². The summed E-state index contributed by atoms with van der Waals surface area (Å²) in [5.41, 5.74) is 2.26. The quantitative estimate of drug-likeness (QED) is 0.868. The third-order valence-corrected chi connectivity index (χ3v) is 3.28. The molecule has 0 spiro atoms. The lowest BCUT2D eigenvalue weighted by atomic mass is 10.1. The van der Waals surface area contributed by atoms with Crippen molar-refractivity contribution >= 4 is 11.6 Å². The van der Waals surface area contributed by atoms with Gasteiger partial charge in [-0.2, -0.15) is 0 Å². The number of nitrogens with one attached hydrogen (secondary N) is 1. The lowest BCUT2D eigenvalue weighted by Gasteiger charge is -2.20. The highest BCUT2D eigenvalue weighted by Crippen LogP contribution is 2.15. The molecule has 0 aliphatic carbocycles. The molecule has 1 aromatic rings. The van der Waals surface area contributed by atoms with Crippen molar-refractivity contribution in [2.75, 3.05) is 12.4 Å². The Morgan fingerprint density at radius 2 is 2.00 bits per heavy atom. The molecule has 0 fully saturated rings. The molecule has 18 heavy (non-hydrogen) atoms. The molecule has 1 amide bonds. The monoisotopic (exact) mass is 248 g/mol. The molecular formula is C15H24N2O. The van der Waals surface area contributed by atoms with Crippen LogP contribution in [0.2, 0.25) is 0 Å². The smallest absolute Gasteiger partial charge is 0.219 e. The summed E-state index contributed by atoms with van der Waals surface area (Å²) < 4.78 is 0. The van der Waals surface area contributed by atoms with E-state index in [0.29, 0.717) is 18.5 Å². The van der Waals surface area contributed by atoms with Gasteiger partial charge >= 0.3 is 0 Å². The molecule has 0 radical (unpaired) electrons. The Hall–Kier alpha value is -1.51. The van der Waals surface area contributed by atoms with Crippen LogP contribution in [0.25, 0.3) is 0 Å². The van der Waals surface area contributed by atoms with Crippen molar-refractivity contribution in [3.05, 3.63) is 29.8 Å². The molecule has 1 rings (SSSR count). The lowest BCUT2D eigenvalue weighted by molar-refractivity contribution is -0.128. The van der Waals surface area contributed by atoms with Crippen molar-refractivity contribution in [2.45, 2.75) is 40.3 Å². The van der Waals surface area contributed by atoms with Crippen LogP contribution >= 0.6 is 0 Å². The second-order valence-corrected chi connectivity index (χ2v) is 5.25. The van der Waals surface area contributed by atoms with E-state index in [1.807, 2.05) is 19.2 Å². The number of amides is 1. The maximum atomic E-state index is 11.2. The van der Waals surface area contributed by atoms with Gasteiger partial charge in [0.2, 0.25) is 5.91 Å². The van der Waals surface area contributed by atoms with E-state index in [2.05, 4.69) is 38.2 Å². The predicted molar refractivity (Wildman–Crippen MR) is 76.5 cm³/mol. The first kappa shape index (κ1) is 14.6. The number of benzene rings is 1. The molecule has 0 aromatic heterocycles. The van der Waals surface area contributed by atoms with Gasteiger partial charge in [-0.05, 0) is 30.5 Å². The fourth-order valence-corrected chi connectivity index (χ4v) is 1.57. The predicted octanol–water partition coefficient (Wildman–Crippen LogP) is 3.12. The zero-order valence-electron chi connectivity index (χ0n) is 12.0. The Kier molecular flexibility index (Phi) is 5.20. The first-order chi connectivity index (χ1) is 8.40. The summed E-state index contributed by atoms with van der Waals surface area (Å²) in [4.78, 5) is 12.9. The highest BCUT2D eigenvalue weighted by molar-refractivity contribution is 5.72. The lowest BCUT2D eigenvalue weighted by Crippen LogP contribution is -2.23. The van der Waals surface area contributed by atoms with Gasteiger partial charge in [0, 0.05) is 32.2 Å². The van der Waals surface area contributed by atoms with Gasteiger partial charge in [0.05, 0.1) is 0 Å². The highest BCUT2D eigenvalue weighted by Gasteiger charge is 2.08. The minimum atomic E-state index is 0.0870. The SMILES string of the molecule is CC(=O)N(C)Cc1cccc(NC(C)C(C)C)c1. The van der Waals surface area contributed by atoms with E-state index in [1.54, 1.807) is 11.8 Å². The number of carbonyl (C=O) groups is 1. The van der Waals surface area contributed by atoms with Crippen molar-refractivity contribution < 1.29 is 4.79 Å². The summed E-state index contributed by atoms with van der Waals surface area (Å²) in [6.07, 6.45) is 0. The Bertz CT molecular complexity index is 401. The standard InChI is InChI=1S/C15H24N2O/c1-11(2)12(3)16-15-8-6-7-14(9-15)10-17(5)13(4)18/h6-9,11-12,16H,10H2,1-5H3. The Labute approximate surface area is 110 Å². The Morgan fingerprint density at radius 3 is 2.56 bits per heavy atom. The molecule has 0 aliphatic rings. The molecule has 3 nitrogen and oxygen atoms in total. The second-order valence-electron chi connectivity index (χ2n) is 5.25. The van der Waals surface area contributed by atoms with Crippen molar-refractivity contribution in [1.29, 1.82) is 0 Å². The summed E-state index contributed by atoms with van der Waals surface area (Å²) in [5, 5.41) is 3.48. The van der Waals surface area contributed by atoms with Crippen molar-refractivity contribution in [2.24, 2.45) is 5.92 Å². The molecule has 0 saturated carbocycles. The van der Waals surface area contributed by atoms with E-state index in [9.17, 15) is 4.79 Å². The Balaban J connectivity index is 2.70. The zero-order valence-corrected chi connectivity index (χ0v) is 12.0. The van der Waals surface area contributed by atoms with E-state index in [-0.39, 0.29) is 5.91 Å². The second kappa shape index (κ2) is 6.43. The first-order valence-electron chi connectivity index (χ1n) is 6.47. The van der Waals surface area contributed by atoms with Gasteiger partial charge < -0.3 is 10.2 Å². The number of anilines is 1. The third kappa shape index (κ3) is 4.40. The number of rotatable bonds is 5. The number of hydrogen-bond acceptors (Lipinski definition) is 2. The summed E-state index contributed by atoms with van der Waals surface area (Å²) in [5.74, 6) is 0.678. The van der Waals surface area contributed by atoms with Gasteiger partial charge in [-0.3, -0.25) is 4.79 Å². The van der Waals surface area contributed by atoms with Crippen LogP contribution < -0.4 is 5.32 Å². The molecule has 3 heteroatoms. The molecule has 0 bridgehead atoms. The van der Waals surface area contributed by atoms with Crippen LogP contribution in [0.4, 0.5) is 5.69 Å². The average Bonchev–Trinajstić information content (AvgIpc) is 2.29. The third-order valence-electron chi connectivity index (χ3n) is 3.28. The molecule has 0 aliphatic heterocycles. The summed E-state index contributed by atoms with van der Waals surface area (Å²) in [6, 6.07) is 8.68. The van der Waals surface area contributed by atoms with E-state index >= 15 is 0 Å². The molecule has 100 valence electrons. The Morgan fingerprint density at radius 1 is 1.33 bits per heavy atom. The largest absolute Gasteiger partial charge is 0.382 e. The number of hydrogen-bond donors (Lipinski definition) is 1. The summed E-state index contributed by atoms with van der Waals surface area (Å²) in [7, 11) is 1.82. The maximum Gasteiger partial charge on any atom is 0.219 e. The van der Waals surface area contributed by atoms with Crippen LogP contribution in [0.15, 0.2) is 24.3 Å². The summed E-state index contributed by atoms with van der Waals surface area (Å²) in [6.45, 7) is 8.82. The van der Waals surface area contributed by atoms with E-state index < -0.39 is 0 Å². The van der Waals surface area contributed by atoms with E-state index in [1.165, 1.54) is 0 Å². The maximum absolute atomic E-state index is 11.2. The van der Waals surface area contributed by atoms with Gasteiger partial charge in [0.1, 0.15) is 0 Å².